The summed E-state index contributed by atoms with van der Waals surface area (Å²) in [6, 6.07) is 18.3. The van der Waals surface area contributed by atoms with Gasteiger partial charge in [0.05, 0.1) is 11.3 Å². The van der Waals surface area contributed by atoms with Crippen LogP contribution in [-0.4, -0.2) is 21.8 Å². The first kappa shape index (κ1) is 21.0. The first-order valence-corrected chi connectivity index (χ1v) is 10.9. The number of carbonyl (C=O) groups excluding carboxylic acids is 2. The molecule has 5 rings (SSSR count). The fourth-order valence-corrected chi connectivity index (χ4v) is 4.25. The molecule has 0 saturated heterocycles. The quantitative estimate of drug-likeness (QED) is 0.380. The van der Waals surface area contributed by atoms with Crippen molar-refractivity contribution in [3.8, 4) is 0 Å². The van der Waals surface area contributed by atoms with Crippen molar-refractivity contribution in [2.45, 2.75) is 19.4 Å². The maximum atomic E-state index is 13.6. The number of rotatable bonds is 5. The van der Waals surface area contributed by atoms with Crippen molar-refractivity contribution in [1.82, 2.24) is 4.98 Å². The molecule has 6 nitrogen and oxygen atoms in total. The lowest BCUT2D eigenvalue weighted by atomic mass is 9.98. The van der Waals surface area contributed by atoms with Gasteiger partial charge >= 0.3 is 0 Å². The third kappa shape index (κ3) is 3.58. The number of aromatic nitrogens is 1. The largest absolute Gasteiger partial charge is 0.503 e. The van der Waals surface area contributed by atoms with Gasteiger partial charge in [-0.25, -0.2) is 0 Å². The zero-order valence-electron chi connectivity index (χ0n) is 17.7. The summed E-state index contributed by atoms with van der Waals surface area (Å²) < 4.78 is 5.73. The first-order valence-electron chi connectivity index (χ1n) is 10.5. The molecule has 0 fully saturated rings. The van der Waals surface area contributed by atoms with Crippen molar-refractivity contribution < 1.29 is 19.1 Å². The third-order valence-corrected chi connectivity index (χ3v) is 5.98. The predicted octanol–water partition coefficient (Wildman–Crippen LogP) is 5.83. The lowest BCUT2D eigenvalue weighted by Gasteiger charge is -2.26. The Bertz CT molecular complexity index is 1410. The Kier molecular flexibility index (Phi) is 5.23. The minimum absolute atomic E-state index is 0.00530. The lowest BCUT2D eigenvalue weighted by Crippen LogP contribution is -2.31. The highest BCUT2D eigenvalue weighted by molar-refractivity contribution is 6.31. The molecule has 1 unspecified atom stereocenters. The molecule has 3 heterocycles. The number of furan rings is 1. The van der Waals surface area contributed by atoms with Crippen molar-refractivity contribution in [2.24, 2.45) is 0 Å². The summed E-state index contributed by atoms with van der Waals surface area (Å²) in [6.45, 7) is 2.04. The molecule has 2 aromatic carbocycles. The van der Waals surface area contributed by atoms with E-state index in [4.69, 9.17) is 16.0 Å². The van der Waals surface area contributed by atoms with Crippen LogP contribution < -0.4 is 4.90 Å². The van der Waals surface area contributed by atoms with Crippen molar-refractivity contribution in [2.75, 3.05) is 4.90 Å². The minimum Gasteiger partial charge on any atom is -0.503 e. The Morgan fingerprint density at radius 2 is 1.91 bits per heavy atom. The highest BCUT2D eigenvalue weighted by atomic mass is 35.5. The summed E-state index contributed by atoms with van der Waals surface area (Å²) in [5.74, 6) is -1.87. The Morgan fingerprint density at radius 3 is 2.61 bits per heavy atom. The van der Waals surface area contributed by atoms with Gasteiger partial charge in [0.1, 0.15) is 11.6 Å². The van der Waals surface area contributed by atoms with Gasteiger partial charge in [0, 0.05) is 22.3 Å². The number of amides is 1. The van der Waals surface area contributed by atoms with Crippen LogP contribution in [0.15, 0.2) is 88.7 Å². The smallest absolute Gasteiger partial charge is 0.294 e. The number of hydrogen-bond acceptors (Lipinski definition) is 5. The Labute approximate surface area is 194 Å². The average Bonchev–Trinajstić information content (AvgIpc) is 3.38. The molecule has 1 amide bonds. The van der Waals surface area contributed by atoms with E-state index in [1.807, 2.05) is 19.1 Å². The van der Waals surface area contributed by atoms with E-state index in [1.165, 1.54) is 4.90 Å². The molecule has 0 saturated carbocycles. The zero-order valence-corrected chi connectivity index (χ0v) is 18.4. The number of aliphatic hydroxyl groups is 1. The van der Waals surface area contributed by atoms with E-state index >= 15 is 0 Å². The molecular weight excluding hydrogens is 440 g/mol. The van der Waals surface area contributed by atoms with Gasteiger partial charge in [-0.15, -0.1) is 0 Å². The van der Waals surface area contributed by atoms with E-state index in [1.54, 1.807) is 60.8 Å². The highest BCUT2D eigenvalue weighted by Gasteiger charge is 2.46. The molecule has 0 radical (unpaired) electrons. The number of hydrogen-bond donors (Lipinski definition) is 1. The van der Waals surface area contributed by atoms with Gasteiger partial charge in [-0.05, 0) is 60.5 Å². The van der Waals surface area contributed by atoms with Crippen LogP contribution >= 0.6 is 11.6 Å². The zero-order chi connectivity index (χ0) is 23.1. The summed E-state index contributed by atoms with van der Waals surface area (Å²) in [7, 11) is 0. The molecule has 1 N–H and O–H groups in total. The van der Waals surface area contributed by atoms with Gasteiger partial charge < -0.3 is 9.52 Å². The number of fused-ring (bicyclic) bond motifs is 1. The molecule has 4 aromatic rings. The summed E-state index contributed by atoms with van der Waals surface area (Å²) in [5, 5.41) is 12.0. The van der Waals surface area contributed by atoms with Crippen LogP contribution in [0.1, 0.15) is 34.8 Å². The fraction of sp³-hybridized carbons (Fsp3) is 0.115. The van der Waals surface area contributed by atoms with Crippen LogP contribution in [0.25, 0.3) is 11.0 Å². The summed E-state index contributed by atoms with van der Waals surface area (Å²) in [5.41, 5.74) is 2.52. The number of nitrogens with zero attached hydrogens (tertiary/aromatic N) is 2. The number of benzene rings is 2. The van der Waals surface area contributed by atoms with Gasteiger partial charge in [-0.1, -0.05) is 36.7 Å². The van der Waals surface area contributed by atoms with Gasteiger partial charge in [-0.2, -0.15) is 0 Å². The van der Waals surface area contributed by atoms with Crippen LogP contribution in [0.4, 0.5) is 5.69 Å². The summed E-state index contributed by atoms with van der Waals surface area (Å²) in [6.07, 6.45) is 2.43. The molecule has 33 heavy (non-hydrogen) atoms. The number of ketones is 1. The molecule has 2 aromatic heterocycles. The van der Waals surface area contributed by atoms with E-state index in [0.29, 0.717) is 27.4 Å². The molecule has 1 aliphatic heterocycles. The normalized spacial score (nSPS) is 16.1. The number of pyridine rings is 1. The van der Waals surface area contributed by atoms with Crippen LogP contribution in [0.3, 0.4) is 0 Å². The van der Waals surface area contributed by atoms with Gasteiger partial charge in [-0.3, -0.25) is 19.5 Å². The number of halogens is 1. The van der Waals surface area contributed by atoms with Crippen LogP contribution in [0.5, 0.6) is 0 Å². The lowest BCUT2D eigenvalue weighted by molar-refractivity contribution is -0.117. The van der Waals surface area contributed by atoms with Crippen molar-refractivity contribution in [3.05, 3.63) is 106 Å². The van der Waals surface area contributed by atoms with E-state index in [0.717, 1.165) is 12.0 Å². The molecule has 7 heteroatoms. The van der Waals surface area contributed by atoms with E-state index < -0.39 is 23.5 Å². The minimum atomic E-state index is -0.907. The number of anilines is 1. The van der Waals surface area contributed by atoms with Gasteiger partial charge in [0.25, 0.3) is 5.91 Å². The average molecular weight is 459 g/mol. The Balaban J connectivity index is 1.63. The molecule has 164 valence electrons. The second-order valence-electron chi connectivity index (χ2n) is 7.74. The van der Waals surface area contributed by atoms with Crippen molar-refractivity contribution in [1.29, 1.82) is 0 Å². The monoisotopic (exact) mass is 458 g/mol. The third-order valence-electron chi connectivity index (χ3n) is 5.75. The maximum absolute atomic E-state index is 13.6. The molecule has 0 spiro atoms. The molecule has 0 bridgehead atoms. The van der Waals surface area contributed by atoms with Crippen molar-refractivity contribution >= 4 is 39.9 Å². The topological polar surface area (TPSA) is 83.6 Å². The second-order valence-corrected chi connectivity index (χ2v) is 8.17. The van der Waals surface area contributed by atoms with E-state index in [2.05, 4.69) is 4.98 Å². The maximum Gasteiger partial charge on any atom is 0.294 e. The molecule has 1 aliphatic rings. The molecular formula is C26H19ClN2O4. The number of Topliss-reactive ketones (excluding diaryl/α,β-unsaturated/α-hetero) is 1. The van der Waals surface area contributed by atoms with Crippen LogP contribution in [-0.2, 0) is 11.2 Å². The summed E-state index contributed by atoms with van der Waals surface area (Å²) >= 11 is 6.05. The SMILES string of the molecule is CCc1ccc(N2C(=O)C(O)=C(C(=O)c3cc4cc(Cl)ccc4o3)C2c2ccccn2)cc1. The Morgan fingerprint density at radius 1 is 1.12 bits per heavy atom. The van der Waals surface area contributed by atoms with Crippen LogP contribution in [0, 0.1) is 0 Å². The van der Waals surface area contributed by atoms with E-state index in [9.17, 15) is 14.7 Å². The standard InChI is InChI=1S/C26H19ClN2O4/c1-2-15-6-9-18(10-7-15)29-23(19-5-3-4-12-28-19)22(25(31)26(29)32)24(30)21-14-16-13-17(27)8-11-20(16)33-21/h3-14,23,31H,2H2,1H3. The Hall–Kier alpha value is -3.90. The van der Waals surface area contributed by atoms with Gasteiger partial charge in [0.2, 0.25) is 5.78 Å². The summed E-state index contributed by atoms with van der Waals surface area (Å²) in [4.78, 5) is 32.5. The number of aliphatic hydroxyl groups excluding tert-OH is 1. The van der Waals surface area contributed by atoms with Crippen LogP contribution in [0.2, 0.25) is 5.02 Å². The first-order chi connectivity index (χ1) is 16.0. The molecule has 1 atom stereocenters. The highest BCUT2D eigenvalue weighted by Crippen LogP contribution is 2.41. The van der Waals surface area contributed by atoms with Crippen molar-refractivity contribution in [3.63, 3.8) is 0 Å². The van der Waals surface area contributed by atoms with Gasteiger partial charge in [0.15, 0.2) is 11.5 Å². The second kappa shape index (κ2) is 8.22. The fourth-order valence-electron chi connectivity index (χ4n) is 4.07. The van der Waals surface area contributed by atoms with E-state index in [-0.39, 0.29) is 11.3 Å². The number of carbonyl (C=O) groups is 2. The number of aryl methyl sites for hydroxylation is 1. The predicted molar refractivity (Wildman–Crippen MR) is 125 cm³/mol. The molecule has 0 aliphatic carbocycles.